The van der Waals surface area contributed by atoms with Crippen LogP contribution in [0.15, 0.2) is 18.2 Å². The summed E-state index contributed by atoms with van der Waals surface area (Å²) in [5, 5.41) is 21.1. The summed E-state index contributed by atoms with van der Waals surface area (Å²) in [6, 6.07) is 6.03. The van der Waals surface area contributed by atoms with Crippen LogP contribution in [-0.4, -0.2) is 50.7 Å². The quantitative estimate of drug-likeness (QED) is 0.546. The lowest BCUT2D eigenvalue weighted by Crippen LogP contribution is -2.26. The van der Waals surface area contributed by atoms with E-state index in [1.807, 2.05) is 19.2 Å². The molecule has 0 radical (unpaired) electrons. The Morgan fingerprint density at radius 2 is 1.67 bits per heavy atom. The molecule has 3 N–H and O–H groups in total. The minimum absolute atomic E-state index is 0.220. The summed E-state index contributed by atoms with van der Waals surface area (Å²) in [4.78, 5) is 2.27. The third-order valence-electron chi connectivity index (χ3n) is 3.48. The molecule has 0 amide bonds. The van der Waals surface area contributed by atoms with Crippen molar-refractivity contribution in [3.05, 3.63) is 18.2 Å². The van der Waals surface area contributed by atoms with Gasteiger partial charge in [0.15, 0.2) is 0 Å². The van der Waals surface area contributed by atoms with E-state index in [1.54, 1.807) is 7.11 Å². The third kappa shape index (κ3) is 5.81. The van der Waals surface area contributed by atoms with Gasteiger partial charge < -0.3 is 25.2 Å². The fraction of sp³-hybridized carbons (Fsp3) is 0.625. The second kappa shape index (κ2) is 10.3. The molecular weight excluding hydrogens is 268 g/mol. The van der Waals surface area contributed by atoms with Gasteiger partial charge in [0.2, 0.25) is 0 Å². The Morgan fingerprint density at radius 1 is 1.05 bits per heavy atom. The number of ether oxygens (including phenoxy) is 1. The first-order valence-corrected chi connectivity index (χ1v) is 7.59. The lowest BCUT2D eigenvalue weighted by molar-refractivity contribution is 0.282. The van der Waals surface area contributed by atoms with E-state index in [-0.39, 0.29) is 13.2 Å². The van der Waals surface area contributed by atoms with Crippen molar-refractivity contribution < 1.29 is 14.9 Å². The minimum Gasteiger partial charge on any atom is -0.495 e. The van der Waals surface area contributed by atoms with E-state index < -0.39 is 0 Å². The molecule has 0 bridgehead atoms. The smallest absolute Gasteiger partial charge is 0.142 e. The zero-order chi connectivity index (χ0) is 15.5. The van der Waals surface area contributed by atoms with Gasteiger partial charge in [-0.25, -0.2) is 0 Å². The van der Waals surface area contributed by atoms with Gasteiger partial charge in [-0.3, -0.25) is 0 Å². The van der Waals surface area contributed by atoms with Crippen LogP contribution in [0.2, 0.25) is 0 Å². The van der Waals surface area contributed by atoms with Crippen molar-refractivity contribution in [2.75, 3.05) is 50.7 Å². The number of aliphatic hydroxyl groups is 2. The van der Waals surface area contributed by atoms with Crippen LogP contribution in [-0.2, 0) is 0 Å². The Kier molecular flexibility index (Phi) is 8.62. The zero-order valence-electron chi connectivity index (χ0n) is 13.1. The summed E-state index contributed by atoms with van der Waals surface area (Å²) in [6.45, 7) is 2.18. The highest BCUT2D eigenvalue weighted by atomic mass is 16.5. The number of nitrogens with zero attached hydrogens (tertiary/aromatic N) is 1. The summed E-state index contributed by atoms with van der Waals surface area (Å²) < 4.78 is 5.47. The number of aliphatic hydroxyl groups excluding tert-OH is 2. The summed E-state index contributed by atoms with van der Waals surface area (Å²) in [5.74, 6) is 0.849. The van der Waals surface area contributed by atoms with E-state index in [9.17, 15) is 0 Å². The Balaban J connectivity index is 2.87. The van der Waals surface area contributed by atoms with Crippen LogP contribution in [0, 0.1) is 0 Å². The monoisotopic (exact) mass is 296 g/mol. The molecule has 0 saturated heterocycles. The van der Waals surface area contributed by atoms with E-state index in [0.717, 1.165) is 55.9 Å². The van der Waals surface area contributed by atoms with Crippen molar-refractivity contribution in [2.45, 2.75) is 25.7 Å². The minimum atomic E-state index is 0.220. The molecule has 0 aliphatic rings. The lowest BCUT2D eigenvalue weighted by atomic mass is 10.2. The Morgan fingerprint density at radius 3 is 2.14 bits per heavy atom. The number of unbranched alkanes of at least 4 members (excludes halogenated alkanes) is 2. The molecule has 1 aromatic rings. The lowest BCUT2D eigenvalue weighted by Gasteiger charge is -2.27. The summed E-state index contributed by atoms with van der Waals surface area (Å²) in [6.07, 6.45) is 3.46. The number of rotatable bonds is 11. The van der Waals surface area contributed by atoms with Crippen LogP contribution in [0.3, 0.4) is 0 Å². The predicted octanol–water partition coefficient (Wildman–Crippen LogP) is 2.09. The Bertz CT molecular complexity index is 389. The van der Waals surface area contributed by atoms with Gasteiger partial charge in [0, 0.05) is 39.0 Å². The van der Waals surface area contributed by atoms with Gasteiger partial charge in [0.1, 0.15) is 5.75 Å². The molecule has 0 atom stereocenters. The van der Waals surface area contributed by atoms with Crippen molar-refractivity contribution in [3.8, 4) is 5.75 Å². The van der Waals surface area contributed by atoms with Gasteiger partial charge in [0.25, 0.3) is 0 Å². The highest BCUT2D eigenvalue weighted by molar-refractivity contribution is 5.66. The normalized spacial score (nSPS) is 10.5. The SMILES string of the molecule is CNc1ccc(OC)c(N(CCCCO)CCCCO)c1. The van der Waals surface area contributed by atoms with Crippen LogP contribution in [0.25, 0.3) is 0 Å². The second-order valence-electron chi connectivity index (χ2n) is 4.99. The molecular formula is C16H28N2O3. The van der Waals surface area contributed by atoms with E-state index in [4.69, 9.17) is 14.9 Å². The van der Waals surface area contributed by atoms with E-state index in [2.05, 4.69) is 16.3 Å². The largest absolute Gasteiger partial charge is 0.495 e. The highest BCUT2D eigenvalue weighted by Gasteiger charge is 2.12. The molecule has 120 valence electrons. The molecule has 0 aromatic heterocycles. The standard InChI is InChI=1S/C16H28N2O3/c1-17-14-7-8-16(21-2)15(13-14)18(9-3-5-11-19)10-4-6-12-20/h7-8,13,17,19-20H,3-6,9-12H2,1-2H3. The van der Waals surface area contributed by atoms with Crippen molar-refractivity contribution in [1.29, 1.82) is 0 Å². The summed E-state index contributed by atoms with van der Waals surface area (Å²) in [7, 11) is 3.57. The molecule has 1 aromatic carbocycles. The molecule has 0 heterocycles. The Hall–Kier alpha value is -1.46. The summed E-state index contributed by atoms with van der Waals surface area (Å²) >= 11 is 0. The number of nitrogens with one attached hydrogen (secondary N) is 1. The van der Waals surface area contributed by atoms with Gasteiger partial charge in [-0.05, 0) is 43.9 Å². The average molecular weight is 296 g/mol. The maximum Gasteiger partial charge on any atom is 0.142 e. The predicted molar refractivity (Wildman–Crippen MR) is 87.4 cm³/mol. The van der Waals surface area contributed by atoms with Crippen LogP contribution in [0.5, 0.6) is 5.75 Å². The average Bonchev–Trinajstić information content (AvgIpc) is 2.53. The fourth-order valence-corrected chi connectivity index (χ4v) is 2.27. The molecule has 0 fully saturated rings. The van der Waals surface area contributed by atoms with Crippen molar-refractivity contribution in [3.63, 3.8) is 0 Å². The first kappa shape index (κ1) is 17.6. The van der Waals surface area contributed by atoms with Gasteiger partial charge in [-0.1, -0.05) is 0 Å². The van der Waals surface area contributed by atoms with Gasteiger partial charge in [-0.2, -0.15) is 0 Å². The van der Waals surface area contributed by atoms with Gasteiger partial charge in [-0.15, -0.1) is 0 Å². The van der Waals surface area contributed by atoms with Gasteiger partial charge in [0.05, 0.1) is 12.8 Å². The number of benzene rings is 1. The number of hydrogen-bond donors (Lipinski definition) is 3. The first-order valence-electron chi connectivity index (χ1n) is 7.59. The van der Waals surface area contributed by atoms with Gasteiger partial charge >= 0.3 is 0 Å². The zero-order valence-corrected chi connectivity index (χ0v) is 13.1. The number of methoxy groups -OCH3 is 1. The molecule has 0 saturated carbocycles. The van der Waals surface area contributed by atoms with E-state index in [1.165, 1.54) is 0 Å². The first-order chi connectivity index (χ1) is 10.3. The van der Waals surface area contributed by atoms with Crippen LogP contribution in [0.4, 0.5) is 11.4 Å². The second-order valence-corrected chi connectivity index (χ2v) is 4.99. The fourth-order valence-electron chi connectivity index (χ4n) is 2.27. The molecule has 1 rings (SSSR count). The van der Waals surface area contributed by atoms with Crippen molar-refractivity contribution >= 4 is 11.4 Å². The summed E-state index contributed by atoms with van der Waals surface area (Å²) in [5.41, 5.74) is 2.10. The van der Waals surface area contributed by atoms with Crippen molar-refractivity contribution in [2.24, 2.45) is 0 Å². The van der Waals surface area contributed by atoms with Crippen molar-refractivity contribution in [1.82, 2.24) is 0 Å². The maximum absolute atomic E-state index is 8.96. The molecule has 0 aliphatic carbocycles. The molecule has 0 spiro atoms. The molecule has 5 nitrogen and oxygen atoms in total. The number of hydrogen-bond acceptors (Lipinski definition) is 5. The van der Waals surface area contributed by atoms with E-state index >= 15 is 0 Å². The topological polar surface area (TPSA) is 65.0 Å². The molecule has 0 unspecified atom stereocenters. The molecule has 21 heavy (non-hydrogen) atoms. The third-order valence-corrected chi connectivity index (χ3v) is 3.48. The number of anilines is 2. The molecule has 0 aliphatic heterocycles. The molecule has 5 heteroatoms. The van der Waals surface area contributed by atoms with E-state index in [0.29, 0.717) is 0 Å². The van der Waals surface area contributed by atoms with Crippen LogP contribution < -0.4 is 15.0 Å². The maximum atomic E-state index is 8.96. The highest BCUT2D eigenvalue weighted by Crippen LogP contribution is 2.31. The Labute approximate surface area is 127 Å². The van der Waals surface area contributed by atoms with Crippen LogP contribution >= 0.6 is 0 Å². The van der Waals surface area contributed by atoms with Crippen LogP contribution in [0.1, 0.15) is 25.7 Å².